The molecule has 188 valence electrons. The predicted octanol–water partition coefficient (Wildman–Crippen LogP) is 4.17. The number of aliphatic hydroxyl groups is 1. The highest BCUT2D eigenvalue weighted by molar-refractivity contribution is 7.90. The van der Waals surface area contributed by atoms with Crippen LogP contribution in [0.1, 0.15) is 12.8 Å². The number of aromatic nitrogens is 4. The van der Waals surface area contributed by atoms with E-state index in [-0.39, 0.29) is 17.1 Å². The van der Waals surface area contributed by atoms with Gasteiger partial charge in [0.1, 0.15) is 4.90 Å². The van der Waals surface area contributed by atoms with Crippen LogP contribution >= 0.6 is 0 Å². The molecule has 5 aromatic rings. The van der Waals surface area contributed by atoms with Crippen molar-refractivity contribution in [1.29, 1.82) is 0 Å². The van der Waals surface area contributed by atoms with Gasteiger partial charge in [0, 0.05) is 60.4 Å². The van der Waals surface area contributed by atoms with E-state index in [9.17, 15) is 13.5 Å². The van der Waals surface area contributed by atoms with Gasteiger partial charge in [-0.1, -0.05) is 18.2 Å². The zero-order valence-corrected chi connectivity index (χ0v) is 20.8. The van der Waals surface area contributed by atoms with Gasteiger partial charge in [0.2, 0.25) is 5.95 Å². The van der Waals surface area contributed by atoms with E-state index in [4.69, 9.17) is 0 Å². The Labute approximate surface area is 214 Å². The number of hydrogen-bond acceptors (Lipinski definition) is 8. The summed E-state index contributed by atoms with van der Waals surface area (Å²) < 4.78 is 28.5. The predicted molar refractivity (Wildman–Crippen MR) is 144 cm³/mol. The van der Waals surface area contributed by atoms with Crippen LogP contribution in [0, 0.1) is 5.92 Å². The second kappa shape index (κ2) is 9.45. The number of fused-ring (bicyclic) bond motifs is 2. The number of anilines is 3. The fraction of sp³-hybridized carbons (Fsp3) is 0.222. The van der Waals surface area contributed by atoms with Gasteiger partial charge in [-0.3, -0.25) is 4.98 Å². The smallest absolute Gasteiger partial charge is 0.271 e. The lowest BCUT2D eigenvalue weighted by Crippen LogP contribution is -2.34. The number of nitrogens with one attached hydrogen (secondary N) is 1. The minimum atomic E-state index is -3.95. The normalized spacial score (nSPS) is 14.9. The lowest BCUT2D eigenvalue weighted by atomic mass is 9.97. The van der Waals surface area contributed by atoms with Crippen molar-refractivity contribution in [1.82, 2.24) is 18.9 Å². The van der Waals surface area contributed by atoms with E-state index in [0.29, 0.717) is 22.8 Å². The molecule has 0 atom stereocenters. The van der Waals surface area contributed by atoms with Crippen molar-refractivity contribution in [3.8, 4) is 0 Å². The first-order valence-corrected chi connectivity index (χ1v) is 13.6. The number of pyridine rings is 1. The molecule has 37 heavy (non-hydrogen) atoms. The summed E-state index contributed by atoms with van der Waals surface area (Å²) in [5.74, 6) is 0.694. The molecule has 2 N–H and O–H groups in total. The number of para-hydroxylation sites is 1. The van der Waals surface area contributed by atoms with Crippen LogP contribution in [0.5, 0.6) is 0 Å². The summed E-state index contributed by atoms with van der Waals surface area (Å²) in [6.07, 6.45) is 6.66. The average Bonchev–Trinajstić information content (AvgIpc) is 3.37. The standard InChI is InChI=1S/C27H26N6O3S/c34-18-19-10-14-32(15-11-19)23-8-6-22(7-9-23)30-27-29-17-21-12-16-33(26(21)31-27)37(35,36)24-5-1-3-20-4-2-13-28-25(20)24/h1-9,12-13,16-17,19,34H,10-11,14-15,18H2,(H,29,30,31). The van der Waals surface area contributed by atoms with Crippen LogP contribution < -0.4 is 10.2 Å². The van der Waals surface area contributed by atoms with Crippen molar-refractivity contribution in [3.05, 3.63) is 79.3 Å². The molecule has 10 heteroatoms. The third-order valence-corrected chi connectivity index (χ3v) is 8.59. The molecule has 0 amide bonds. The van der Waals surface area contributed by atoms with Gasteiger partial charge in [0.25, 0.3) is 10.0 Å². The molecule has 4 heterocycles. The first kappa shape index (κ1) is 23.4. The van der Waals surface area contributed by atoms with Crippen molar-refractivity contribution in [2.24, 2.45) is 5.92 Å². The topological polar surface area (TPSA) is 113 Å². The van der Waals surface area contributed by atoms with Crippen LogP contribution in [0.15, 0.2) is 84.1 Å². The Morgan fingerprint density at radius 2 is 1.73 bits per heavy atom. The molecule has 0 radical (unpaired) electrons. The second-order valence-electron chi connectivity index (χ2n) is 9.21. The molecule has 0 unspecified atom stereocenters. The van der Waals surface area contributed by atoms with E-state index in [1.54, 1.807) is 36.7 Å². The summed E-state index contributed by atoms with van der Waals surface area (Å²) in [6, 6.07) is 18.4. The van der Waals surface area contributed by atoms with Gasteiger partial charge in [-0.05, 0) is 61.2 Å². The molecule has 9 nitrogen and oxygen atoms in total. The molecule has 1 aliphatic rings. The molecule has 0 spiro atoms. The minimum absolute atomic E-state index is 0.120. The lowest BCUT2D eigenvalue weighted by molar-refractivity contribution is 0.203. The summed E-state index contributed by atoms with van der Waals surface area (Å²) in [4.78, 5) is 15.7. The Morgan fingerprint density at radius 3 is 2.51 bits per heavy atom. The Balaban J connectivity index is 1.27. The highest BCUT2D eigenvalue weighted by Crippen LogP contribution is 2.28. The van der Waals surface area contributed by atoms with E-state index in [2.05, 4.69) is 25.2 Å². The molecule has 1 saturated heterocycles. The molecule has 2 aromatic carbocycles. The summed E-state index contributed by atoms with van der Waals surface area (Å²) in [7, 11) is -3.95. The highest BCUT2D eigenvalue weighted by atomic mass is 32.2. The lowest BCUT2D eigenvalue weighted by Gasteiger charge is -2.32. The monoisotopic (exact) mass is 514 g/mol. The quantitative estimate of drug-likeness (QED) is 0.347. The van der Waals surface area contributed by atoms with Crippen LogP contribution in [0.3, 0.4) is 0 Å². The van der Waals surface area contributed by atoms with Gasteiger partial charge in [-0.25, -0.2) is 17.4 Å². The fourth-order valence-electron chi connectivity index (χ4n) is 4.80. The van der Waals surface area contributed by atoms with E-state index >= 15 is 0 Å². The van der Waals surface area contributed by atoms with E-state index in [1.807, 2.05) is 36.4 Å². The molecule has 1 aliphatic heterocycles. The Kier molecular flexibility index (Phi) is 5.97. The maximum Gasteiger partial charge on any atom is 0.271 e. The van der Waals surface area contributed by atoms with Crippen molar-refractivity contribution in [2.75, 3.05) is 29.9 Å². The van der Waals surface area contributed by atoms with Gasteiger partial charge in [0.15, 0.2) is 5.65 Å². The number of rotatable bonds is 6. The summed E-state index contributed by atoms with van der Waals surface area (Å²) in [5.41, 5.74) is 2.63. The number of hydrogen-bond donors (Lipinski definition) is 2. The zero-order chi connectivity index (χ0) is 25.4. The first-order chi connectivity index (χ1) is 18.0. The highest BCUT2D eigenvalue weighted by Gasteiger charge is 2.23. The Bertz CT molecular complexity index is 1670. The largest absolute Gasteiger partial charge is 0.396 e. The minimum Gasteiger partial charge on any atom is -0.396 e. The van der Waals surface area contributed by atoms with Crippen LogP contribution in [0.4, 0.5) is 17.3 Å². The molecule has 0 aliphatic carbocycles. The van der Waals surface area contributed by atoms with Crippen LogP contribution in [0.2, 0.25) is 0 Å². The number of piperidine rings is 1. The van der Waals surface area contributed by atoms with Crippen molar-refractivity contribution < 1.29 is 13.5 Å². The van der Waals surface area contributed by atoms with E-state index < -0.39 is 10.0 Å². The average molecular weight is 515 g/mol. The maximum atomic E-state index is 13.6. The maximum absolute atomic E-state index is 13.6. The van der Waals surface area contributed by atoms with Gasteiger partial charge < -0.3 is 15.3 Å². The van der Waals surface area contributed by atoms with Crippen LogP contribution in [0.25, 0.3) is 21.9 Å². The second-order valence-corrected chi connectivity index (χ2v) is 11.0. The summed E-state index contributed by atoms with van der Waals surface area (Å²) in [6.45, 7) is 2.11. The Hall–Kier alpha value is -4.02. The van der Waals surface area contributed by atoms with Gasteiger partial charge in [0.05, 0.1) is 5.52 Å². The summed E-state index contributed by atoms with van der Waals surface area (Å²) in [5, 5.41) is 13.9. The molecular weight excluding hydrogens is 488 g/mol. The third-order valence-electron chi connectivity index (χ3n) is 6.89. The number of aliphatic hydroxyl groups excluding tert-OH is 1. The molecular formula is C27H26N6O3S. The van der Waals surface area contributed by atoms with Crippen LogP contribution in [-0.2, 0) is 10.0 Å². The fourth-order valence-corrected chi connectivity index (χ4v) is 6.27. The Morgan fingerprint density at radius 1 is 0.946 bits per heavy atom. The molecule has 1 fully saturated rings. The van der Waals surface area contributed by atoms with Gasteiger partial charge in [-0.2, -0.15) is 4.98 Å². The molecule has 0 bridgehead atoms. The molecule has 0 saturated carbocycles. The number of benzene rings is 2. The van der Waals surface area contributed by atoms with Crippen molar-refractivity contribution in [3.63, 3.8) is 0 Å². The van der Waals surface area contributed by atoms with Gasteiger partial charge >= 0.3 is 0 Å². The first-order valence-electron chi connectivity index (χ1n) is 12.2. The SMILES string of the molecule is O=S(=O)(c1cccc2cccnc12)n1ccc2cnc(Nc3ccc(N4CCC(CO)CC4)cc3)nc21. The van der Waals surface area contributed by atoms with E-state index in [1.165, 1.54) is 10.2 Å². The third kappa shape index (κ3) is 4.38. The van der Waals surface area contributed by atoms with E-state index in [0.717, 1.165) is 42.7 Å². The van der Waals surface area contributed by atoms with Crippen LogP contribution in [-0.4, -0.2) is 52.1 Å². The van der Waals surface area contributed by atoms with Gasteiger partial charge in [-0.15, -0.1) is 0 Å². The zero-order valence-electron chi connectivity index (χ0n) is 20.0. The molecule has 3 aromatic heterocycles. The number of nitrogens with zero attached hydrogens (tertiary/aromatic N) is 5. The van der Waals surface area contributed by atoms with Crippen molar-refractivity contribution in [2.45, 2.75) is 17.7 Å². The van der Waals surface area contributed by atoms with Crippen molar-refractivity contribution >= 4 is 49.3 Å². The summed E-state index contributed by atoms with van der Waals surface area (Å²) >= 11 is 0. The molecule has 6 rings (SSSR count).